The molecule has 0 radical (unpaired) electrons. The fourth-order valence-corrected chi connectivity index (χ4v) is 2.95. The molecule has 92 valence electrons. The molecule has 1 aliphatic heterocycles. The highest BCUT2D eigenvalue weighted by Gasteiger charge is 2.27. The molecule has 3 N–H and O–H groups in total. The van der Waals surface area contributed by atoms with E-state index in [-0.39, 0.29) is 5.84 Å². The Kier molecular flexibility index (Phi) is 3.51. The monoisotopic (exact) mass is 251 g/mol. The molecule has 0 spiro atoms. The third-order valence-electron chi connectivity index (χ3n) is 3.06. The van der Waals surface area contributed by atoms with Gasteiger partial charge in [0.25, 0.3) is 0 Å². The number of nitrogens with two attached hydrogens (primary N) is 1. The van der Waals surface area contributed by atoms with Gasteiger partial charge in [0.1, 0.15) is 11.5 Å². The number of nitrogen functional groups attached to an aromatic ring is 1. The van der Waals surface area contributed by atoms with Crippen LogP contribution in [0.2, 0.25) is 0 Å². The van der Waals surface area contributed by atoms with Crippen molar-refractivity contribution in [3.05, 3.63) is 18.0 Å². The molecule has 6 heteroatoms. The van der Waals surface area contributed by atoms with Crippen molar-refractivity contribution in [2.24, 2.45) is 5.73 Å². The molecule has 1 saturated heterocycles. The number of hydrogen-bond donors (Lipinski definition) is 2. The summed E-state index contributed by atoms with van der Waals surface area (Å²) in [5, 5.41) is 7.96. The van der Waals surface area contributed by atoms with Gasteiger partial charge in [0.05, 0.1) is 0 Å². The van der Waals surface area contributed by atoms with Crippen molar-refractivity contribution in [1.29, 1.82) is 5.41 Å². The smallest absolute Gasteiger partial charge is 0.226 e. The van der Waals surface area contributed by atoms with E-state index in [1.807, 2.05) is 11.8 Å². The zero-order valence-corrected chi connectivity index (χ0v) is 10.9. The summed E-state index contributed by atoms with van der Waals surface area (Å²) in [6.07, 6.45) is 1.66. The highest BCUT2D eigenvalue weighted by atomic mass is 32.2. The first-order valence-corrected chi connectivity index (χ1v) is 6.70. The Labute approximate surface area is 105 Å². The molecule has 17 heavy (non-hydrogen) atoms. The summed E-state index contributed by atoms with van der Waals surface area (Å²) < 4.78 is 0. The lowest BCUT2D eigenvalue weighted by molar-refractivity contribution is 0.612. The number of nitrogens with zero attached hydrogens (tertiary/aromatic N) is 3. The van der Waals surface area contributed by atoms with E-state index >= 15 is 0 Å². The topological polar surface area (TPSA) is 78.9 Å². The lowest BCUT2D eigenvalue weighted by Gasteiger charge is -2.37. The van der Waals surface area contributed by atoms with E-state index < -0.39 is 0 Å². The minimum absolute atomic E-state index is 0.0132. The molecule has 0 aliphatic carbocycles. The van der Waals surface area contributed by atoms with Crippen molar-refractivity contribution in [3.63, 3.8) is 0 Å². The Hall–Kier alpha value is -1.30. The highest BCUT2D eigenvalue weighted by Crippen LogP contribution is 2.26. The molecular formula is C11H17N5S. The summed E-state index contributed by atoms with van der Waals surface area (Å²) in [7, 11) is 0. The van der Waals surface area contributed by atoms with Gasteiger partial charge in [0.2, 0.25) is 5.95 Å². The molecule has 5 nitrogen and oxygen atoms in total. The molecule has 1 aliphatic rings. The predicted molar refractivity (Wildman–Crippen MR) is 71.8 cm³/mol. The first-order chi connectivity index (χ1) is 8.09. The van der Waals surface area contributed by atoms with Crippen LogP contribution in [0, 0.1) is 5.41 Å². The summed E-state index contributed by atoms with van der Waals surface area (Å²) in [6, 6.07) is 2.06. The summed E-state index contributed by atoms with van der Waals surface area (Å²) in [5.41, 5.74) is 5.94. The molecule has 2 atom stereocenters. The fourth-order valence-electron chi connectivity index (χ4n) is 1.85. The second-order valence-electron chi connectivity index (χ2n) is 4.17. The minimum Gasteiger partial charge on any atom is -0.382 e. The van der Waals surface area contributed by atoms with Gasteiger partial charge in [-0.3, -0.25) is 5.41 Å². The Balaban J connectivity index is 2.26. The molecule has 1 fully saturated rings. The van der Waals surface area contributed by atoms with Crippen LogP contribution in [0.4, 0.5) is 5.95 Å². The number of thioether (sulfide) groups is 1. The van der Waals surface area contributed by atoms with Crippen molar-refractivity contribution in [2.45, 2.75) is 25.1 Å². The molecule has 2 unspecified atom stereocenters. The second kappa shape index (κ2) is 4.91. The van der Waals surface area contributed by atoms with Crippen LogP contribution in [0.3, 0.4) is 0 Å². The quantitative estimate of drug-likeness (QED) is 0.607. The average Bonchev–Trinajstić information content (AvgIpc) is 2.33. The van der Waals surface area contributed by atoms with Crippen LogP contribution in [0.1, 0.15) is 19.5 Å². The van der Waals surface area contributed by atoms with Crippen LogP contribution in [-0.2, 0) is 0 Å². The van der Waals surface area contributed by atoms with Gasteiger partial charge in [-0.25, -0.2) is 9.97 Å². The van der Waals surface area contributed by atoms with Gasteiger partial charge in [0.15, 0.2) is 0 Å². The average molecular weight is 251 g/mol. The van der Waals surface area contributed by atoms with Crippen LogP contribution in [0.15, 0.2) is 12.3 Å². The van der Waals surface area contributed by atoms with Crippen LogP contribution in [0.5, 0.6) is 0 Å². The van der Waals surface area contributed by atoms with Crippen molar-refractivity contribution >= 4 is 23.5 Å². The number of aromatic nitrogens is 2. The molecule has 2 heterocycles. The van der Waals surface area contributed by atoms with Crippen molar-refractivity contribution < 1.29 is 0 Å². The zero-order valence-electron chi connectivity index (χ0n) is 10.1. The zero-order chi connectivity index (χ0) is 12.4. The lowest BCUT2D eigenvalue weighted by atomic mass is 10.2. The molecule has 0 bridgehead atoms. The van der Waals surface area contributed by atoms with E-state index in [9.17, 15) is 0 Å². The Bertz CT molecular complexity index is 422. The first kappa shape index (κ1) is 12.2. The van der Waals surface area contributed by atoms with Gasteiger partial charge in [0, 0.05) is 29.8 Å². The van der Waals surface area contributed by atoms with Gasteiger partial charge >= 0.3 is 0 Å². The van der Waals surface area contributed by atoms with E-state index in [0.717, 1.165) is 12.3 Å². The maximum atomic E-state index is 7.40. The standard InChI is InChI=1S/C11H17N5S/c1-7-8(2)17-6-5-16(7)11-14-4-3-9(15-11)10(12)13/h3-4,7-8H,5-6H2,1-2H3,(H3,12,13). The van der Waals surface area contributed by atoms with Gasteiger partial charge < -0.3 is 10.6 Å². The van der Waals surface area contributed by atoms with E-state index in [2.05, 4.69) is 28.7 Å². The summed E-state index contributed by atoms with van der Waals surface area (Å²) in [6.45, 7) is 5.34. The van der Waals surface area contributed by atoms with Crippen molar-refractivity contribution in [1.82, 2.24) is 9.97 Å². The van der Waals surface area contributed by atoms with E-state index in [1.54, 1.807) is 12.3 Å². The predicted octanol–water partition coefficient (Wildman–Crippen LogP) is 1.09. The highest BCUT2D eigenvalue weighted by molar-refractivity contribution is 8.00. The molecular weight excluding hydrogens is 234 g/mol. The maximum absolute atomic E-state index is 7.40. The Morgan fingerprint density at radius 2 is 2.35 bits per heavy atom. The Morgan fingerprint density at radius 1 is 1.59 bits per heavy atom. The summed E-state index contributed by atoms with van der Waals surface area (Å²) >= 11 is 1.97. The summed E-state index contributed by atoms with van der Waals surface area (Å²) in [5.74, 6) is 1.75. The van der Waals surface area contributed by atoms with Crippen LogP contribution < -0.4 is 10.6 Å². The molecule has 1 aromatic rings. The molecule has 0 saturated carbocycles. The number of anilines is 1. The maximum Gasteiger partial charge on any atom is 0.226 e. The van der Waals surface area contributed by atoms with E-state index in [1.165, 1.54) is 0 Å². The normalized spacial score (nSPS) is 24.7. The van der Waals surface area contributed by atoms with Crippen molar-refractivity contribution in [2.75, 3.05) is 17.2 Å². The van der Waals surface area contributed by atoms with E-state index in [0.29, 0.717) is 22.9 Å². The molecule has 0 amide bonds. The number of hydrogen-bond acceptors (Lipinski definition) is 5. The van der Waals surface area contributed by atoms with Crippen LogP contribution in [-0.4, -0.2) is 39.4 Å². The van der Waals surface area contributed by atoms with Crippen LogP contribution in [0.25, 0.3) is 0 Å². The second-order valence-corrected chi connectivity index (χ2v) is 5.65. The largest absolute Gasteiger partial charge is 0.382 e. The third kappa shape index (κ3) is 2.52. The van der Waals surface area contributed by atoms with Gasteiger partial charge in [-0.1, -0.05) is 6.92 Å². The first-order valence-electron chi connectivity index (χ1n) is 5.65. The third-order valence-corrected chi connectivity index (χ3v) is 4.40. The number of nitrogens with one attached hydrogen (secondary N) is 1. The fraction of sp³-hybridized carbons (Fsp3) is 0.545. The number of rotatable bonds is 2. The molecule has 0 aromatic carbocycles. The minimum atomic E-state index is -0.0132. The van der Waals surface area contributed by atoms with Crippen molar-refractivity contribution in [3.8, 4) is 0 Å². The summed E-state index contributed by atoms with van der Waals surface area (Å²) in [4.78, 5) is 10.8. The van der Waals surface area contributed by atoms with Gasteiger partial charge in [-0.05, 0) is 13.0 Å². The van der Waals surface area contributed by atoms with Gasteiger partial charge in [-0.2, -0.15) is 11.8 Å². The van der Waals surface area contributed by atoms with Gasteiger partial charge in [-0.15, -0.1) is 0 Å². The lowest BCUT2D eigenvalue weighted by Crippen LogP contribution is -2.45. The number of amidine groups is 1. The van der Waals surface area contributed by atoms with E-state index in [4.69, 9.17) is 11.1 Å². The Morgan fingerprint density at radius 3 is 3.06 bits per heavy atom. The van der Waals surface area contributed by atoms with Crippen LogP contribution >= 0.6 is 11.8 Å². The SMILES string of the molecule is CC1SCCN(c2nccc(C(=N)N)n2)C1C. The molecule has 2 rings (SSSR count). The molecule has 1 aromatic heterocycles.